The summed E-state index contributed by atoms with van der Waals surface area (Å²) < 4.78 is 27.3. The Balaban J connectivity index is 1.45. The van der Waals surface area contributed by atoms with Crippen LogP contribution < -0.4 is 10.0 Å². The molecule has 1 aromatic rings. The number of fused-ring (bicyclic) bond motifs is 1. The second-order valence-corrected chi connectivity index (χ2v) is 11.0. The second-order valence-electron chi connectivity index (χ2n) is 8.67. The van der Waals surface area contributed by atoms with E-state index in [-0.39, 0.29) is 6.04 Å². The number of aryl methyl sites for hydroxylation is 2. The van der Waals surface area contributed by atoms with Crippen LogP contribution in [0.25, 0.3) is 0 Å². The van der Waals surface area contributed by atoms with E-state index in [0.29, 0.717) is 12.3 Å². The van der Waals surface area contributed by atoms with Crippen LogP contribution in [0, 0.1) is 5.92 Å². The average Bonchev–Trinajstić information content (AvgIpc) is 3.08. The van der Waals surface area contributed by atoms with E-state index in [0.717, 1.165) is 32.2 Å². The zero-order valence-electron chi connectivity index (χ0n) is 16.5. The Hall–Kier alpha value is -1.07. The first-order valence-corrected chi connectivity index (χ1v) is 11.7. The molecule has 146 valence electrons. The minimum atomic E-state index is -3.25. The Morgan fingerprint density at radius 2 is 1.77 bits per heavy atom. The van der Waals surface area contributed by atoms with E-state index in [4.69, 9.17) is 0 Å². The quantitative estimate of drug-likeness (QED) is 0.745. The Labute approximate surface area is 159 Å². The van der Waals surface area contributed by atoms with Crippen molar-refractivity contribution in [2.75, 3.05) is 11.9 Å². The number of hydrogen-bond donors (Lipinski definition) is 2. The fraction of sp³-hybridized carbons (Fsp3) is 0.714. The van der Waals surface area contributed by atoms with Gasteiger partial charge in [0, 0.05) is 18.3 Å². The van der Waals surface area contributed by atoms with E-state index >= 15 is 0 Å². The molecule has 2 aliphatic rings. The van der Waals surface area contributed by atoms with Crippen molar-refractivity contribution in [1.29, 1.82) is 0 Å². The molecule has 0 spiro atoms. The number of nitrogens with one attached hydrogen (secondary N) is 2. The normalized spacial score (nSPS) is 23.7. The topological polar surface area (TPSA) is 58.2 Å². The van der Waals surface area contributed by atoms with Crippen LogP contribution in [0.3, 0.4) is 0 Å². The van der Waals surface area contributed by atoms with Crippen molar-refractivity contribution >= 4 is 15.7 Å². The van der Waals surface area contributed by atoms with Gasteiger partial charge in [-0.15, -0.1) is 0 Å². The summed E-state index contributed by atoms with van der Waals surface area (Å²) in [5.74, 6) is 0.628. The molecule has 3 rings (SSSR count). The summed E-state index contributed by atoms with van der Waals surface area (Å²) in [5, 5.41) is 3.60. The van der Waals surface area contributed by atoms with Gasteiger partial charge in [-0.1, -0.05) is 13.0 Å². The largest absolute Gasteiger partial charge is 0.385 e. The first kappa shape index (κ1) is 19.7. The van der Waals surface area contributed by atoms with Crippen LogP contribution in [0.1, 0.15) is 70.4 Å². The molecular formula is C21H34N2O2S. The molecule has 5 heteroatoms. The summed E-state index contributed by atoms with van der Waals surface area (Å²) >= 11 is 0. The Kier molecular flexibility index (Phi) is 5.97. The van der Waals surface area contributed by atoms with Crippen molar-refractivity contribution in [2.24, 2.45) is 5.92 Å². The predicted molar refractivity (Wildman–Crippen MR) is 109 cm³/mol. The highest BCUT2D eigenvalue weighted by Gasteiger charge is 2.35. The molecule has 0 atom stereocenters. The highest BCUT2D eigenvalue weighted by molar-refractivity contribution is 7.90. The van der Waals surface area contributed by atoms with Gasteiger partial charge in [-0.05, 0) is 94.4 Å². The van der Waals surface area contributed by atoms with Crippen LogP contribution in [0.2, 0.25) is 0 Å². The van der Waals surface area contributed by atoms with Crippen molar-refractivity contribution in [3.8, 4) is 0 Å². The highest BCUT2D eigenvalue weighted by atomic mass is 32.2. The van der Waals surface area contributed by atoms with Crippen molar-refractivity contribution in [3.05, 3.63) is 29.3 Å². The fourth-order valence-corrected chi connectivity index (χ4v) is 5.37. The van der Waals surface area contributed by atoms with Gasteiger partial charge in [-0.3, -0.25) is 0 Å². The van der Waals surface area contributed by atoms with Crippen molar-refractivity contribution < 1.29 is 8.42 Å². The molecule has 0 saturated heterocycles. The maximum Gasteiger partial charge on any atom is 0.217 e. The van der Waals surface area contributed by atoms with Gasteiger partial charge in [0.1, 0.15) is 0 Å². The molecule has 0 aromatic heterocycles. The average molecular weight is 379 g/mol. The van der Waals surface area contributed by atoms with Gasteiger partial charge < -0.3 is 5.32 Å². The number of sulfonamides is 1. The zero-order valence-corrected chi connectivity index (χ0v) is 17.3. The minimum absolute atomic E-state index is 0.0991. The van der Waals surface area contributed by atoms with E-state index < -0.39 is 14.8 Å². The number of anilines is 1. The first-order chi connectivity index (χ1) is 12.3. The lowest BCUT2D eigenvalue weighted by Gasteiger charge is -2.32. The van der Waals surface area contributed by atoms with Crippen LogP contribution >= 0.6 is 0 Å². The number of hydrogen-bond acceptors (Lipinski definition) is 3. The van der Waals surface area contributed by atoms with Crippen LogP contribution in [-0.4, -0.2) is 25.8 Å². The summed E-state index contributed by atoms with van der Waals surface area (Å²) in [6, 6.07) is 6.89. The Morgan fingerprint density at radius 1 is 1.08 bits per heavy atom. The molecule has 26 heavy (non-hydrogen) atoms. The highest BCUT2D eigenvalue weighted by Crippen LogP contribution is 2.29. The van der Waals surface area contributed by atoms with Crippen molar-refractivity contribution in [1.82, 2.24) is 4.72 Å². The molecule has 4 nitrogen and oxygen atoms in total. The monoisotopic (exact) mass is 378 g/mol. The Bertz CT molecular complexity index is 720. The van der Waals surface area contributed by atoms with Gasteiger partial charge in [-0.25, -0.2) is 13.1 Å². The molecule has 0 aliphatic heterocycles. The van der Waals surface area contributed by atoms with Crippen LogP contribution in [-0.2, 0) is 22.9 Å². The van der Waals surface area contributed by atoms with Crippen LogP contribution in [0.15, 0.2) is 18.2 Å². The molecule has 0 bridgehead atoms. The molecule has 1 aromatic carbocycles. The summed E-state index contributed by atoms with van der Waals surface area (Å²) in [4.78, 5) is 0. The maximum atomic E-state index is 12.5. The molecule has 0 unspecified atom stereocenters. The van der Waals surface area contributed by atoms with Gasteiger partial charge in [0.05, 0.1) is 4.75 Å². The second kappa shape index (κ2) is 7.89. The van der Waals surface area contributed by atoms with E-state index in [1.54, 1.807) is 0 Å². The van der Waals surface area contributed by atoms with Gasteiger partial charge in [0.25, 0.3) is 0 Å². The maximum absolute atomic E-state index is 12.5. The number of rotatable bonds is 7. The lowest BCUT2D eigenvalue weighted by atomic mass is 9.86. The molecule has 0 heterocycles. The van der Waals surface area contributed by atoms with Gasteiger partial charge in [0.2, 0.25) is 10.0 Å². The molecule has 2 aliphatic carbocycles. The molecule has 1 saturated carbocycles. The van der Waals surface area contributed by atoms with Crippen molar-refractivity contribution in [2.45, 2.75) is 82.9 Å². The smallest absolute Gasteiger partial charge is 0.217 e. The first-order valence-electron chi connectivity index (χ1n) is 10.2. The van der Waals surface area contributed by atoms with E-state index in [1.807, 2.05) is 20.8 Å². The van der Waals surface area contributed by atoms with E-state index in [2.05, 4.69) is 28.2 Å². The zero-order chi connectivity index (χ0) is 18.8. The third kappa shape index (κ3) is 4.42. The third-order valence-corrected chi connectivity index (χ3v) is 8.83. The molecule has 0 amide bonds. The summed E-state index contributed by atoms with van der Waals surface area (Å²) in [5.41, 5.74) is 4.25. The number of benzene rings is 1. The predicted octanol–water partition coefficient (Wildman–Crippen LogP) is 4.25. The molecule has 2 N–H and O–H groups in total. The van der Waals surface area contributed by atoms with Gasteiger partial charge in [0.15, 0.2) is 0 Å². The van der Waals surface area contributed by atoms with Gasteiger partial charge in [-0.2, -0.15) is 0 Å². The summed E-state index contributed by atoms with van der Waals surface area (Å²) in [6.45, 7) is 6.53. The minimum Gasteiger partial charge on any atom is -0.385 e. The lowest BCUT2D eigenvalue weighted by molar-refractivity contribution is 0.322. The molecule has 1 fully saturated rings. The van der Waals surface area contributed by atoms with Crippen molar-refractivity contribution in [3.63, 3.8) is 0 Å². The lowest BCUT2D eigenvalue weighted by Crippen LogP contribution is -2.47. The summed E-state index contributed by atoms with van der Waals surface area (Å²) in [7, 11) is -3.25. The van der Waals surface area contributed by atoms with Crippen LogP contribution in [0.5, 0.6) is 0 Å². The molecule has 0 radical (unpaired) electrons. The standard InChI is InChI=1S/C21H34N2O2S/c1-4-21(2,3)26(24,25)23-19-11-8-16(9-12-19)15-22-20-13-10-17-6-5-7-18(17)14-20/h10,13-14,16,19,22-23H,4-9,11-12,15H2,1-3H3. The van der Waals surface area contributed by atoms with E-state index in [1.165, 1.54) is 36.1 Å². The van der Waals surface area contributed by atoms with Crippen LogP contribution in [0.4, 0.5) is 5.69 Å². The van der Waals surface area contributed by atoms with E-state index in [9.17, 15) is 8.42 Å². The Morgan fingerprint density at radius 3 is 2.46 bits per heavy atom. The third-order valence-electron chi connectivity index (χ3n) is 6.44. The molecular weight excluding hydrogens is 344 g/mol. The fourth-order valence-electron chi connectivity index (χ4n) is 4.00. The summed E-state index contributed by atoms with van der Waals surface area (Å²) in [6.07, 6.45) is 8.39. The van der Waals surface area contributed by atoms with Gasteiger partial charge >= 0.3 is 0 Å². The SMILES string of the molecule is CCC(C)(C)S(=O)(=O)NC1CCC(CNc2ccc3c(c2)CCC3)CC1.